The second-order valence-electron chi connectivity index (χ2n) is 1.77. The van der Waals surface area contributed by atoms with Crippen molar-refractivity contribution in [3.05, 3.63) is 22.2 Å². The average molecular weight is 253 g/mol. The molecule has 0 amide bonds. The van der Waals surface area contributed by atoms with Crippen LogP contribution in [0.4, 0.5) is 0 Å². The summed E-state index contributed by atoms with van der Waals surface area (Å²) < 4.78 is 2.86. The fraction of sp³-hybridized carbons (Fsp3) is 0.200. The van der Waals surface area contributed by atoms with Crippen LogP contribution in [0.2, 0.25) is 0 Å². The molecule has 0 spiro atoms. The summed E-state index contributed by atoms with van der Waals surface area (Å²) in [6, 6.07) is 0. The van der Waals surface area contributed by atoms with Crippen molar-refractivity contribution in [2.75, 3.05) is 0 Å². The Labute approximate surface area is 169 Å². The molecule has 0 aromatic carbocycles. The number of hydrogen-bond donors (Lipinski definition) is 2. The first-order valence-electron chi connectivity index (χ1n) is 2.74. The van der Waals surface area contributed by atoms with Crippen LogP contribution in [0, 0.1) is 9.54 Å². The summed E-state index contributed by atoms with van der Waals surface area (Å²) in [4.78, 5) is 2.78. The van der Waals surface area contributed by atoms with Crippen molar-refractivity contribution in [3.63, 3.8) is 0 Å². The van der Waals surface area contributed by atoms with Gasteiger partial charge in [-0.1, -0.05) is 6.08 Å². The Balaban J connectivity index is -0.000000125. The van der Waals surface area contributed by atoms with Gasteiger partial charge in [-0.25, -0.2) is 0 Å². The van der Waals surface area contributed by atoms with Gasteiger partial charge in [0.25, 0.3) is 0 Å². The molecule has 0 radical (unpaired) electrons. The minimum Gasteiger partial charge on any atom is -1.00 e. The molecule has 0 saturated heterocycles. The van der Waals surface area contributed by atoms with Crippen LogP contribution in [0.1, 0.15) is 2.85 Å². The maximum absolute atomic E-state index is 4.90. The number of allylic oxidation sites excluding steroid dienone is 1. The first kappa shape index (κ1) is 17.0. The van der Waals surface area contributed by atoms with Crippen LogP contribution in [0.3, 0.4) is 0 Å². The van der Waals surface area contributed by atoms with Gasteiger partial charge in [-0.15, -0.1) is 6.58 Å². The first-order valence-corrected chi connectivity index (χ1v) is 3.55. The summed E-state index contributed by atoms with van der Waals surface area (Å²) in [7, 11) is 0. The third-order valence-electron chi connectivity index (χ3n) is 1.01. The summed E-state index contributed by atoms with van der Waals surface area (Å²) in [5, 5.41) is 2.85. The van der Waals surface area contributed by atoms with Crippen molar-refractivity contribution in [1.29, 1.82) is 0 Å². The summed E-state index contributed by atoms with van der Waals surface area (Å²) in [6.45, 7) is 4.23. The van der Waals surface area contributed by atoms with E-state index in [9.17, 15) is 0 Å². The van der Waals surface area contributed by atoms with Gasteiger partial charge in [-0.05, 0) is 24.4 Å². The number of H-pyrrole nitrogens is 2. The molecule has 0 aliphatic rings. The van der Waals surface area contributed by atoms with Crippen LogP contribution in [0.5, 0.6) is 0 Å². The monoisotopic (exact) mass is 253 g/mol. The van der Waals surface area contributed by atoms with E-state index in [1.54, 1.807) is 10.8 Å². The first-order chi connectivity index (χ1) is 4.74. The average Bonchev–Trinajstić information content (AvgIpc) is 2.13. The summed E-state index contributed by atoms with van der Waals surface area (Å²) in [6.07, 6.45) is 1.74. The maximum Gasteiger partial charge on any atom is 1.00 e. The van der Waals surface area contributed by atoms with Gasteiger partial charge in [0.05, 0.1) is 6.54 Å². The second-order valence-corrected chi connectivity index (χ2v) is 2.57. The minimum absolute atomic E-state index is 0. The van der Waals surface area contributed by atoms with E-state index in [0.29, 0.717) is 16.1 Å². The number of nitrogens with zero attached hydrogens (tertiary/aromatic N) is 1. The molecule has 3 nitrogen and oxygen atoms in total. The fourth-order valence-electron chi connectivity index (χ4n) is 0.624. The molecule has 0 bridgehead atoms. The Morgan fingerprint density at radius 3 is 2.42 bits per heavy atom. The number of aromatic nitrogens is 3. The second kappa shape index (κ2) is 8.87. The molecule has 1 aromatic rings. The number of hydrogen-bond acceptors (Lipinski definition) is 2. The third kappa shape index (κ3) is 5.47. The van der Waals surface area contributed by atoms with Crippen LogP contribution in [0.15, 0.2) is 12.7 Å². The molecule has 0 unspecified atom stereocenters. The van der Waals surface area contributed by atoms with Crippen LogP contribution in [-0.4, -0.2) is 14.8 Å². The fourth-order valence-corrected chi connectivity index (χ4v) is 1.12. The van der Waals surface area contributed by atoms with E-state index in [-0.39, 0.29) is 106 Å². The van der Waals surface area contributed by atoms with Gasteiger partial charge in [0.2, 0.25) is 0 Å². The van der Waals surface area contributed by atoms with Crippen molar-refractivity contribution < 1.29 is 106 Å². The minimum atomic E-state index is 0. The zero-order chi connectivity index (χ0) is 7.56. The maximum atomic E-state index is 4.90. The third-order valence-corrected chi connectivity index (χ3v) is 1.53. The van der Waals surface area contributed by atoms with E-state index in [0.717, 1.165) is 0 Å². The standard InChI is InChI=1S/C5H7N3S2.2K.2H/c1-2-3-8-5(10)6-4(9)7-8;;;;/h2H,1,3H2,(H2,6,7,9,10);;;;/q;2*+1;2*-1. The Morgan fingerprint density at radius 2 is 2.08 bits per heavy atom. The van der Waals surface area contributed by atoms with Gasteiger partial charge in [0.1, 0.15) is 0 Å². The molecule has 0 saturated carbocycles. The summed E-state index contributed by atoms with van der Waals surface area (Å²) in [5.74, 6) is 0. The normalized spacial score (nSPS) is 8.00. The zero-order valence-electron chi connectivity index (χ0n) is 9.26. The SMILES string of the molecule is C=CCn1[nH]c(=S)[nH]c1=S.[H-].[H-].[K+].[K+]. The number of nitrogens with one attached hydrogen (secondary N) is 2. The van der Waals surface area contributed by atoms with E-state index in [1.807, 2.05) is 0 Å². The molecule has 2 N–H and O–H groups in total. The molecular formula is C5H9K2N3S2. The smallest absolute Gasteiger partial charge is 1.00 e. The molecule has 1 rings (SSSR count). The van der Waals surface area contributed by atoms with Gasteiger partial charge in [-0.2, -0.15) is 0 Å². The molecule has 12 heavy (non-hydrogen) atoms. The van der Waals surface area contributed by atoms with Gasteiger partial charge in [0.15, 0.2) is 9.54 Å². The Bertz CT molecular complexity index is 345. The van der Waals surface area contributed by atoms with Gasteiger partial charge < -0.3 is 7.84 Å². The van der Waals surface area contributed by atoms with Crippen LogP contribution < -0.4 is 103 Å². The summed E-state index contributed by atoms with van der Waals surface area (Å²) in [5.41, 5.74) is 0. The molecule has 0 aliphatic carbocycles. The van der Waals surface area contributed by atoms with Gasteiger partial charge in [0, 0.05) is 0 Å². The van der Waals surface area contributed by atoms with E-state index in [4.69, 9.17) is 24.4 Å². The largest absolute Gasteiger partial charge is 1.00 e. The van der Waals surface area contributed by atoms with Gasteiger partial charge >= 0.3 is 103 Å². The topological polar surface area (TPSA) is 36.5 Å². The van der Waals surface area contributed by atoms with Crippen molar-refractivity contribution in [2.45, 2.75) is 6.54 Å². The number of aromatic amines is 2. The molecule has 0 aliphatic heterocycles. The van der Waals surface area contributed by atoms with Crippen molar-refractivity contribution in [3.8, 4) is 0 Å². The van der Waals surface area contributed by atoms with E-state index < -0.39 is 0 Å². The Morgan fingerprint density at radius 1 is 1.50 bits per heavy atom. The molecular weight excluding hydrogens is 244 g/mol. The zero-order valence-corrected chi connectivity index (χ0v) is 15.1. The molecule has 58 valence electrons. The summed E-state index contributed by atoms with van der Waals surface area (Å²) >= 11 is 9.70. The molecule has 1 heterocycles. The Kier molecular flexibility index (Phi) is 12.6. The predicted molar refractivity (Wildman–Crippen MR) is 47.2 cm³/mol. The Hall–Kier alpha value is 2.59. The number of rotatable bonds is 2. The molecule has 1 aromatic heterocycles. The molecule has 7 heteroatoms. The van der Waals surface area contributed by atoms with Crippen LogP contribution in [-0.2, 0) is 6.54 Å². The quantitative estimate of drug-likeness (QED) is 0.320. The van der Waals surface area contributed by atoms with Crippen molar-refractivity contribution >= 4 is 24.4 Å². The van der Waals surface area contributed by atoms with E-state index in [1.165, 1.54) is 0 Å². The van der Waals surface area contributed by atoms with Crippen molar-refractivity contribution in [1.82, 2.24) is 14.8 Å². The van der Waals surface area contributed by atoms with Crippen LogP contribution >= 0.6 is 24.4 Å². The molecule has 0 atom stereocenters. The van der Waals surface area contributed by atoms with E-state index in [2.05, 4.69) is 16.7 Å². The van der Waals surface area contributed by atoms with Crippen LogP contribution in [0.25, 0.3) is 0 Å². The van der Waals surface area contributed by atoms with E-state index >= 15 is 0 Å². The predicted octanol–water partition coefficient (Wildman–Crippen LogP) is -3.98. The van der Waals surface area contributed by atoms with Crippen molar-refractivity contribution in [2.24, 2.45) is 0 Å². The molecule has 0 fully saturated rings. The van der Waals surface area contributed by atoms with Gasteiger partial charge in [-0.3, -0.25) is 9.78 Å².